The lowest BCUT2D eigenvalue weighted by Crippen LogP contribution is -2.25. The van der Waals surface area contributed by atoms with Crippen molar-refractivity contribution in [3.63, 3.8) is 0 Å². The molecule has 0 aromatic heterocycles. The molecule has 4 heteroatoms. The summed E-state index contributed by atoms with van der Waals surface area (Å²) >= 11 is 0. The molecule has 0 bridgehead atoms. The molecular weight excluding hydrogens is 204 g/mol. The SMILES string of the molecule is COc1ccc([C@@H](C)NC(=O)CC#N)cc1. The van der Waals surface area contributed by atoms with Crippen LogP contribution in [-0.4, -0.2) is 13.0 Å². The first-order valence-corrected chi connectivity index (χ1v) is 4.97. The number of benzene rings is 1. The Labute approximate surface area is 94.8 Å². The topological polar surface area (TPSA) is 62.1 Å². The van der Waals surface area contributed by atoms with Crippen LogP contribution in [0.15, 0.2) is 24.3 Å². The molecule has 0 spiro atoms. The Bertz CT molecular complexity index is 392. The van der Waals surface area contributed by atoms with Gasteiger partial charge in [-0.2, -0.15) is 5.26 Å². The summed E-state index contributed by atoms with van der Waals surface area (Å²) in [5.41, 5.74) is 0.979. The van der Waals surface area contributed by atoms with Crippen molar-refractivity contribution in [2.24, 2.45) is 0 Å². The molecule has 0 aliphatic carbocycles. The van der Waals surface area contributed by atoms with E-state index in [0.29, 0.717) is 0 Å². The van der Waals surface area contributed by atoms with Crippen molar-refractivity contribution >= 4 is 5.91 Å². The highest BCUT2D eigenvalue weighted by Crippen LogP contribution is 2.17. The molecule has 4 nitrogen and oxygen atoms in total. The van der Waals surface area contributed by atoms with E-state index in [4.69, 9.17) is 10.00 Å². The molecule has 1 atom stereocenters. The van der Waals surface area contributed by atoms with Gasteiger partial charge in [0.25, 0.3) is 0 Å². The molecule has 0 fully saturated rings. The number of ether oxygens (including phenoxy) is 1. The van der Waals surface area contributed by atoms with Gasteiger partial charge in [-0.25, -0.2) is 0 Å². The summed E-state index contributed by atoms with van der Waals surface area (Å²) in [7, 11) is 1.60. The van der Waals surface area contributed by atoms with E-state index in [2.05, 4.69) is 5.32 Å². The first kappa shape index (κ1) is 12.1. The maximum Gasteiger partial charge on any atom is 0.234 e. The monoisotopic (exact) mass is 218 g/mol. The Hall–Kier alpha value is -2.02. The van der Waals surface area contributed by atoms with Gasteiger partial charge >= 0.3 is 0 Å². The van der Waals surface area contributed by atoms with Crippen LogP contribution in [0.25, 0.3) is 0 Å². The van der Waals surface area contributed by atoms with Crippen molar-refractivity contribution < 1.29 is 9.53 Å². The standard InChI is InChI=1S/C12H14N2O2/c1-9(14-12(15)7-8-13)10-3-5-11(16-2)6-4-10/h3-6,9H,7H2,1-2H3,(H,14,15)/t9-/m1/s1. The predicted molar refractivity (Wildman–Crippen MR) is 59.8 cm³/mol. The second kappa shape index (κ2) is 5.76. The van der Waals surface area contributed by atoms with Gasteiger partial charge in [-0.1, -0.05) is 12.1 Å². The lowest BCUT2D eigenvalue weighted by Gasteiger charge is -2.13. The second-order valence-corrected chi connectivity index (χ2v) is 3.40. The highest BCUT2D eigenvalue weighted by molar-refractivity contribution is 5.78. The molecule has 0 aliphatic rings. The van der Waals surface area contributed by atoms with Crippen LogP contribution < -0.4 is 10.1 Å². The fourth-order valence-corrected chi connectivity index (χ4v) is 1.34. The lowest BCUT2D eigenvalue weighted by atomic mass is 10.1. The third-order valence-corrected chi connectivity index (χ3v) is 2.23. The summed E-state index contributed by atoms with van der Waals surface area (Å²) in [5.74, 6) is 0.519. The van der Waals surface area contributed by atoms with E-state index in [1.54, 1.807) is 7.11 Å². The minimum atomic E-state index is -0.259. The van der Waals surface area contributed by atoms with Gasteiger partial charge in [-0.3, -0.25) is 4.79 Å². The second-order valence-electron chi connectivity index (χ2n) is 3.40. The van der Waals surface area contributed by atoms with E-state index in [9.17, 15) is 4.79 Å². The van der Waals surface area contributed by atoms with Crippen LogP contribution in [0.2, 0.25) is 0 Å². The molecule has 1 aromatic rings. The van der Waals surface area contributed by atoms with Crippen molar-refractivity contribution in [3.05, 3.63) is 29.8 Å². The van der Waals surface area contributed by atoms with Gasteiger partial charge in [-0.05, 0) is 24.6 Å². The minimum absolute atomic E-state index is 0.105. The molecule has 0 radical (unpaired) electrons. The molecule has 1 N–H and O–H groups in total. The molecule has 1 aromatic carbocycles. The number of rotatable bonds is 4. The molecular formula is C12H14N2O2. The number of hydrogen-bond acceptors (Lipinski definition) is 3. The highest BCUT2D eigenvalue weighted by atomic mass is 16.5. The quantitative estimate of drug-likeness (QED) is 0.838. The van der Waals surface area contributed by atoms with Crippen molar-refractivity contribution in [1.29, 1.82) is 5.26 Å². The minimum Gasteiger partial charge on any atom is -0.497 e. The van der Waals surface area contributed by atoms with Gasteiger partial charge in [0.1, 0.15) is 12.2 Å². The first-order valence-electron chi connectivity index (χ1n) is 4.97. The van der Waals surface area contributed by atoms with Crippen LogP contribution in [0.1, 0.15) is 24.9 Å². The molecule has 1 rings (SSSR count). The molecule has 16 heavy (non-hydrogen) atoms. The molecule has 84 valence electrons. The Morgan fingerprint density at radius 2 is 2.12 bits per heavy atom. The van der Waals surface area contributed by atoms with Crippen molar-refractivity contribution in [2.45, 2.75) is 19.4 Å². The van der Waals surface area contributed by atoms with Crippen LogP contribution in [0.4, 0.5) is 0 Å². The van der Waals surface area contributed by atoms with E-state index in [0.717, 1.165) is 11.3 Å². The first-order chi connectivity index (χ1) is 7.67. The summed E-state index contributed by atoms with van der Waals surface area (Å²) in [5, 5.41) is 11.1. The maximum atomic E-state index is 11.2. The van der Waals surface area contributed by atoms with Gasteiger partial charge in [0.15, 0.2) is 0 Å². The average Bonchev–Trinajstić information content (AvgIpc) is 2.29. The smallest absolute Gasteiger partial charge is 0.234 e. The zero-order valence-electron chi connectivity index (χ0n) is 9.36. The van der Waals surface area contributed by atoms with Gasteiger partial charge in [-0.15, -0.1) is 0 Å². The fourth-order valence-electron chi connectivity index (χ4n) is 1.34. The molecule has 0 saturated heterocycles. The van der Waals surface area contributed by atoms with Gasteiger partial charge in [0, 0.05) is 0 Å². The highest BCUT2D eigenvalue weighted by Gasteiger charge is 2.08. The van der Waals surface area contributed by atoms with E-state index >= 15 is 0 Å². The summed E-state index contributed by atoms with van der Waals surface area (Å²) in [6, 6.07) is 9.15. The molecule has 0 saturated carbocycles. The van der Waals surface area contributed by atoms with Crippen LogP contribution in [0.5, 0.6) is 5.75 Å². The molecule has 0 unspecified atom stereocenters. The van der Waals surface area contributed by atoms with Crippen LogP contribution >= 0.6 is 0 Å². The number of carbonyl (C=O) groups is 1. The van der Waals surface area contributed by atoms with Crippen molar-refractivity contribution in [1.82, 2.24) is 5.32 Å². The number of amides is 1. The average molecular weight is 218 g/mol. The van der Waals surface area contributed by atoms with E-state index in [1.807, 2.05) is 37.3 Å². The number of methoxy groups -OCH3 is 1. The third-order valence-electron chi connectivity index (χ3n) is 2.23. The van der Waals surface area contributed by atoms with Gasteiger partial charge in [0.05, 0.1) is 19.2 Å². The van der Waals surface area contributed by atoms with Crippen LogP contribution in [0, 0.1) is 11.3 Å². The number of nitrogens with zero attached hydrogens (tertiary/aromatic N) is 1. The summed E-state index contributed by atoms with van der Waals surface area (Å²) in [6.45, 7) is 1.87. The predicted octanol–water partition coefficient (Wildman–Crippen LogP) is 1.79. The fraction of sp³-hybridized carbons (Fsp3) is 0.333. The molecule has 1 amide bonds. The third kappa shape index (κ3) is 3.28. The number of nitrogens with one attached hydrogen (secondary N) is 1. The lowest BCUT2D eigenvalue weighted by molar-refractivity contribution is -0.120. The Kier molecular flexibility index (Phi) is 4.34. The number of carbonyl (C=O) groups excluding carboxylic acids is 1. The summed E-state index contributed by atoms with van der Waals surface area (Å²) in [6.07, 6.45) is -0.111. The number of hydrogen-bond donors (Lipinski definition) is 1. The summed E-state index contributed by atoms with van der Waals surface area (Å²) < 4.78 is 5.04. The van der Waals surface area contributed by atoms with Crippen molar-refractivity contribution in [3.8, 4) is 11.8 Å². The van der Waals surface area contributed by atoms with Crippen LogP contribution in [-0.2, 0) is 4.79 Å². The maximum absolute atomic E-state index is 11.2. The van der Waals surface area contributed by atoms with E-state index in [-0.39, 0.29) is 18.4 Å². The van der Waals surface area contributed by atoms with Crippen molar-refractivity contribution in [2.75, 3.05) is 7.11 Å². The zero-order valence-corrected chi connectivity index (χ0v) is 9.36. The molecule has 0 heterocycles. The van der Waals surface area contributed by atoms with Crippen LogP contribution in [0.3, 0.4) is 0 Å². The largest absolute Gasteiger partial charge is 0.497 e. The number of nitriles is 1. The van der Waals surface area contributed by atoms with E-state index in [1.165, 1.54) is 0 Å². The van der Waals surface area contributed by atoms with Gasteiger partial charge < -0.3 is 10.1 Å². The molecule has 0 aliphatic heterocycles. The summed E-state index contributed by atoms with van der Waals surface area (Å²) in [4.78, 5) is 11.2. The van der Waals surface area contributed by atoms with Gasteiger partial charge in [0.2, 0.25) is 5.91 Å². The van der Waals surface area contributed by atoms with E-state index < -0.39 is 0 Å². The normalized spacial score (nSPS) is 11.3. The Morgan fingerprint density at radius 3 is 2.62 bits per heavy atom. The zero-order chi connectivity index (χ0) is 12.0. The Balaban J connectivity index is 2.62. The Morgan fingerprint density at radius 1 is 1.50 bits per heavy atom.